The van der Waals surface area contributed by atoms with Gasteiger partial charge in [-0.3, -0.25) is 4.79 Å². The second-order valence-electron chi connectivity index (χ2n) is 8.98. The first-order valence-electron chi connectivity index (χ1n) is 9.43. The van der Waals surface area contributed by atoms with Crippen molar-refractivity contribution in [1.29, 1.82) is 0 Å². The summed E-state index contributed by atoms with van der Waals surface area (Å²) >= 11 is 0. The van der Waals surface area contributed by atoms with Gasteiger partial charge in [0.25, 0.3) is 0 Å². The van der Waals surface area contributed by atoms with Gasteiger partial charge in [0.05, 0.1) is 22.4 Å². The number of amides is 1. The molecule has 1 aromatic carbocycles. The molecule has 1 aliphatic heterocycles. The van der Waals surface area contributed by atoms with E-state index in [4.69, 9.17) is 0 Å². The predicted molar refractivity (Wildman–Crippen MR) is 96.0 cm³/mol. The van der Waals surface area contributed by atoms with Crippen LogP contribution in [-0.2, 0) is 10.2 Å². The molecule has 6 heteroatoms. The van der Waals surface area contributed by atoms with Crippen LogP contribution in [0.3, 0.4) is 0 Å². The Balaban J connectivity index is 1.54. The van der Waals surface area contributed by atoms with E-state index in [1.54, 1.807) is 6.07 Å². The van der Waals surface area contributed by atoms with Crippen molar-refractivity contribution in [2.24, 2.45) is 5.41 Å². The topological polar surface area (TPSA) is 46.1 Å². The SMILES string of the molecule is CC1(C)CN(C(=O)[C@]23CC[C@H](C2)c2cc(-c4c(F)cccc4F)nnc23)C1. The molecule has 0 unspecified atom stereocenters. The minimum absolute atomic E-state index is 0.141. The highest BCUT2D eigenvalue weighted by molar-refractivity contribution is 5.91. The Labute approximate surface area is 156 Å². The van der Waals surface area contributed by atoms with Gasteiger partial charge in [0.1, 0.15) is 11.6 Å². The van der Waals surface area contributed by atoms with Gasteiger partial charge in [-0.25, -0.2) is 8.78 Å². The molecule has 2 atom stereocenters. The molecule has 5 rings (SSSR count). The number of hydrogen-bond donors (Lipinski definition) is 0. The van der Waals surface area contributed by atoms with Gasteiger partial charge in [-0.05, 0) is 54.4 Å². The van der Waals surface area contributed by atoms with E-state index in [0.29, 0.717) is 5.69 Å². The van der Waals surface area contributed by atoms with E-state index in [1.165, 1.54) is 18.2 Å². The molecule has 140 valence electrons. The van der Waals surface area contributed by atoms with Crippen molar-refractivity contribution in [3.63, 3.8) is 0 Å². The van der Waals surface area contributed by atoms with Crippen molar-refractivity contribution in [3.8, 4) is 11.3 Å². The summed E-state index contributed by atoms with van der Waals surface area (Å²) in [4.78, 5) is 15.2. The third-order valence-electron chi connectivity index (χ3n) is 6.38. The van der Waals surface area contributed by atoms with E-state index >= 15 is 0 Å². The van der Waals surface area contributed by atoms with Crippen molar-refractivity contribution in [2.45, 2.75) is 44.4 Å². The Bertz CT molecular complexity index is 946. The smallest absolute Gasteiger partial charge is 0.234 e. The fraction of sp³-hybridized carbons (Fsp3) is 0.476. The van der Waals surface area contributed by atoms with Gasteiger partial charge in [-0.1, -0.05) is 19.9 Å². The lowest BCUT2D eigenvalue weighted by Gasteiger charge is -2.48. The fourth-order valence-corrected chi connectivity index (χ4v) is 5.21. The summed E-state index contributed by atoms with van der Waals surface area (Å²) in [7, 11) is 0. The first-order chi connectivity index (χ1) is 12.8. The van der Waals surface area contributed by atoms with Crippen molar-refractivity contribution in [3.05, 3.63) is 47.2 Å². The summed E-state index contributed by atoms with van der Waals surface area (Å²) in [6, 6.07) is 5.51. The predicted octanol–water partition coefficient (Wildman–Crippen LogP) is 3.81. The maximum atomic E-state index is 14.1. The number of benzene rings is 1. The second-order valence-corrected chi connectivity index (χ2v) is 8.98. The van der Waals surface area contributed by atoms with Gasteiger partial charge in [-0.15, -0.1) is 5.10 Å². The van der Waals surface area contributed by atoms with E-state index < -0.39 is 17.0 Å². The lowest BCUT2D eigenvalue weighted by Crippen LogP contribution is -2.60. The van der Waals surface area contributed by atoms with Crippen LogP contribution in [-0.4, -0.2) is 34.1 Å². The van der Waals surface area contributed by atoms with Crippen LogP contribution in [0.25, 0.3) is 11.3 Å². The Kier molecular flexibility index (Phi) is 3.31. The van der Waals surface area contributed by atoms with Crippen LogP contribution in [0.2, 0.25) is 0 Å². The van der Waals surface area contributed by atoms with E-state index in [0.717, 1.165) is 37.9 Å². The van der Waals surface area contributed by atoms with E-state index in [9.17, 15) is 13.6 Å². The average Bonchev–Trinajstić information content (AvgIpc) is 3.17. The van der Waals surface area contributed by atoms with Crippen LogP contribution in [0.15, 0.2) is 24.3 Å². The van der Waals surface area contributed by atoms with Gasteiger partial charge >= 0.3 is 0 Å². The highest BCUT2D eigenvalue weighted by atomic mass is 19.1. The highest BCUT2D eigenvalue weighted by Crippen LogP contribution is 2.58. The molecular formula is C21H21F2N3O. The lowest BCUT2D eigenvalue weighted by molar-refractivity contribution is -0.148. The quantitative estimate of drug-likeness (QED) is 0.809. The molecule has 0 spiro atoms. The highest BCUT2D eigenvalue weighted by Gasteiger charge is 2.58. The van der Waals surface area contributed by atoms with Crippen LogP contribution >= 0.6 is 0 Å². The molecule has 2 fully saturated rings. The number of rotatable bonds is 2. The number of aromatic nitrogens is 2. The van der Waals surface area contributed by atoms with Crippen LogP contribution in [0.1, 0.15) is 50.3 Å². The lowest BCUT2D eigenvalue weighted by atomic mass is 9.77. The third-order valence-corrected chi connectivity index (χ3v) is 6.38. The molecular weight excluding hydrogens is 348 g/mol. The minimum Gasteiger partial charge on any atom is -0.341 e. The van der Waals surface area contributed by atoms with Crippen molar-refractivity contribution < 1.29 is 13.6 Å². The van der Waals surface area contributed by atoms with Crippen LogP contribution < -0.4 is 0 Å². The van der Waals surface area contributed by atoms with E-state index in [2.05, 4.69) is 24.0 Å². The monoisotopic (exact) mass is 369 g/mol. The molecule has 27 heavy (non-hydrogen) atoms. The largest absolute Gasteiger partial charge is 0.341 e. The second kappa shape index (κ2) is 5.33. The molecule has 3 aliphatic rings. The maximum absolute atomic E-state index is 14.1. The fourth-order valence-electron chi connectivity index (χ4n) is 5.21. The van der Waals surface area contributed by atoms with Crippen molar-refractivity contribution in [1.82, 2.24) is 15.1 Å². The maximum Gasteiger partial charge on any atom is 0.234 e. The summed E-state index contributed by atoms with van der Waals surface area (Å²) in [6.45, 7) is 5.84. The molecule has 0 radical (unpaired) electrons. The van der Waals surface area contributed by atoms with Gasteiger partial charge in [0, 0.05) is 13.1 Å². The summed E-state index contributed by atoms with van der Waals surface area (Å²) in [5, 5.41) is 8.46. The molecule has 2 aromatic rings. The molecule has 2 heterocycles. The zero-order chi connectivity index (χ0) is 19.0. The molecule has 1 saturated carbocycles. The normalized spacial score (nSPS) is 27.4. The van der Waals surface area contributed by atoms with Gasteiger partial charge in [0.15, 0.2) is 0 Å². The van der Waals surface area contributed by atoms with Crippen molar-refractivity contribution in [2.75, 3.05) is 13.1 Å². The third kappa shape index (κ3) is 2.28. The standard InChI is InChI=1S/C21H21F2N3O/c1-20(2)10-26(11-20)19(27)21-7-6-12(9-21)13-8-16(24-25-18(13)21)17-14(22)4-3-5-15(17)23/h3-5,8,12H,6-7,9-11H2,1-2H3/t12-,21-/m1/s1. The van der Waals surface area contributed by atoms with Crippen LogP contribution in [0.5, 0.6) is 0 Å². The minimum atomic E-state index is -0.652. The first-order valence-corrected chi connectivity index (χ1v) is 9.43. The van der Waals surface area contributed by atoms with Gasteiger partial charge < -0.3 is 4.90 Å². The zero-order valence-electron chi connectivity index (χ0n) is 15.4. The van der Waals surface area contributed by atoms with Crippen molar-refractivity contribution >= 4 is 5.91 Å². The Morgan fingerprint density at radius 1 is 1.19 bits per heavy atom. The first kappa shape index (κ1) is 16.8. The zero-order valence-corrected chi connectivity index (χ0v) is 15.4. The molecule has 1 saturated heterocycles. The number of likely N-dealkylation sites (tertiary alicyclic amines) is 1. The molecule has 2 bridgehead atoms. The number of hydrogen-bond acceptors (Lipinski definition) is 3. The van der Waals surface area contributed by atoms with Gasteiger partial charge in [0.2, 0.25) is 5.91 Å². The summed E-state index contributed by atoms with van der Waals surface area (Å²) < 4.78 is 28.3. The summed E-state index contributed by atoms with van der Waals surface area (Å²) in [5.74, 6) is -0.952. The average molecular weight is 369 g/mol. The molecule has 0 N–H and O–H groups in total. The Hall–Kier alpha value is -2.37. The Morgan fingerprint density at radius 2 is 1.89 bits per heavy atom. The number of halogens is 2. The number of nitrogens with zero attached hydrogens (tertiary/aromatic N) is 3. The van der Waals surface area contributed by atoms with Crippen LogP contribution in [0.4, 0.5) is 8.78 Å². The molecule has 2 aliphatic carbocycles. The van der Waals surface area contributed by atoms with Crippen LogP contribution in [0, 0.1) is 17.0 Å². The van der Waals surface area contributed by atoms with E-state index in [1.807, 2.05) is 4.90 Å². The summed E-state index contributed by atoms with van der Waals surface area (Å²) in [5.41, 5.74) is 1.26. The van der Waals surface area contributed by atoms with Gasteiger partial charge in [-0.2, -0.15) is 5.10 Å². The molecule has 1 amide bonds. The number of carbonyl (C=O) groups excluding carboxylic acids is 1. The number of carbonyl (C=O) groups is 1. The van der Waals surface area contributed by atoms with E-state index in [-0.39, 0.29) is 28.5 Å². The molecule has 1 aromatic heterocycles. The summed E-state index contributed by atoms with van der Waals surface area (Å²) in [6.07, 6.45) is 2.42. The number of fused-ring (bicyclic) bond motifs is 5. The molecule has 4 nitrogen and oxygen atoms in total. The Morgan fingerprint density at radius 3 is 2.56 bits per heavy atom.